The zero-order valence-electron chi connectivity index (χ0n) is 10.8. The van der Waals surface area contributed by atoms with Gasteiger partial charge in [-0.3, -0.25) is 9.78 Å². The van der Waals surface area contributed by atoms with E-state index in [0.717, 1.165) is 25.2 Å². The fourth-order valence-corrected chi connectivity index (χ4v) is 2.34. The molecule has 0 saturated carbocycles. The molecule has 1 aliphatic rings. The predicted molar refractivity (Wildman–Crippen MR) is 76.3 cm³/mol. The standard InChI is InChI=1S/C14H13N5O/c20-13-11-9-15-19(10-5-2-1-3-6-10)12(11)16-14(17-13)18-7-4-8-18/h1-3,5-6,9H,4,7-8H2,(H,16,17,20). The van der Waals surface area contributed by atoms with Crippen LogP contribution in [-0.4, -0.2) is 32.8 Å². The largest absolute Gasteiger partial charge is 0.342 e. The van der Waals surface area contributed by atoms with Crippen LogP contribution in [0.15, 0.2) is 41.3 Å². The molecule has 1 fully saturated rings. The minimum atomic E-state index is -0.140. The van der Waals surface area contributed by atoms with E-state index >= 15 is 0 Å². The van der Waals surface area contributed by atoms with E-state index in [0.29, 0.717) is 17.0 Å². The molecule has 0 spiro atoms. The first-order valence-corrected chi connectivity index (χ1v) is 6.61. The van der Waals surface area contributed by atoms with Crippen molar-refractivity contribution in [3.63, 3.8) is 0 Å². The number of para-hydroxylation sites is 1. The number of anilines is 1. The number of nitrogens with one attached hydrogen (secondary N) is 1. The molecule has 6 heteroatoms. The first-order chi connectivity index (χ1) is 9.83. The third kappa shape index (κ3) is 1.61. The van der Waals surface area contributed by atoms with Crippen molar-refractivity contribution in [2.45, 2.75) is 6.42 Å². The van der Waals surface area contributed by atoms with Gasteiger partial charge in [-0.15, -0.1) is 0 Å². The maximum Gasteiger partial charge on any atom is 0.263 e. The lowest BCUT2D eigenvalue weighted by Crippen LogP contribution is -2.39. The summed E-state index contributed by atoms with van der Waals surface area (Å²) in [7, 11) is 0. The summed E-state index contributed by atoms with van der Waals surface area (Å²) in [5, 5.41) is 4.80. The van der Waals surface area contributed by atoms with Gasteiger partial charge in [0, 0.05) is 13.1 Å². The quantitative estimate of drug-likeness (QED) is 0.760. The Morgan fingerprint density at radius 2 is 1.95 bits per heavy atom. The molecule has 0 unspecified atom stereocenters. The number of fused-ring (bicyclic) bond motifs is 1. The molecule has 0 bridgehead atoms. The van der Waals surface area contributed by atoms with Gasteiger partial charge in [0.25, 0.3) is 5.56 Å². The molecule has 0 aliphatic carbocycles. The second-order valence-corrected chi connectivity index (χ2v) is 4.86. The summed E-state index contributed by atoms with van der Waals surface area (Å²) < 4.78 is 1.70. The first kappa shape index (κ1) is 11.2. The van der Waals surface area contributed by atoms with E-state index in [-0.39, 0.29) is 5.56 Å². The summed E-state index contributed by atoms with van der Waals surface area (Å²) in [6.45, 7) is 1.88. The van der Waals surface area contributed by atoms with Crippen LogP contribution in [0.2, 0.25) is 0 Å². The monoisotopic (exact) mass is 267 g/mol. The van der Waals surface area contributed by atoms with Crippen LogP contribution < -0.4 is 10.5 Å². The van der Waals surface area contributed by atoms with E-state index in [1.807, 2.05) is 30.3 Å². The molecule has 1 aliphatic heterocycles. The van der Waals surface area contributed by atoms with Crippen molar-refractivity contribution >= 4 is 17.0 Å². The average molecular weight is 267 g/mol. The molecule has 4 rings (SSSR count). The van der Waals surface area contributed by atoms with Gasteiger partial charge in [0.05, 0.1) is 11.9 Å². The molecule has 2 aromatic heterocycles. The highest BCUT2D eigenvalue weighted by atomic mass is 16.1. The van der Waals surface area contributed by atoms with Gasteiger partial charge in [-0.2, -0.15) is 10.1 Å². The van der Waals surface area contributed by atoms with Crippen LogP contribution in [0, 0.1) is 0 Å². The second-order valence-electron chi connectivity index (χ2n) is 4.86. The summed E-state index contributed by atoms with van der Waals surface area (Å²) >= 11 is 0. The maximum atomic E-state index is 12.1. The summed E-state index contributed by atoms with van der Waals surface area (Å²) in [5.41, 5.74) is 1.36. The SMILES string of the molecule is O=c1[nH]c(N2CCC2)nc2c1cnn2-c1ccccc1. The van der Waals surface area contributed by atoms with E-state index in [1.165, 1.54) is 0 Å². The molecule has 0 amide bonds. The lowest BCUT2D eigenvalue weighted by Gasteiger charge is -2.31. The average Bonchev–Trinajstić information content (AvgIpc) is 2.82. The number of benzene rings is 1. The van der Waals surface area contributed by atoms with E-state index in [2.05, 4.69) is 20.0 Å². The molecular weight excluding hydrogens is 254 g/mol. The van der Waals surface area contributed by atoms with Crippen LogP contribution >= 0.6 is 0 Å². The van der Waals surface area contributed by atoms with Gasteiger partial charge in [0.15, 0.2) is 5.65 Å². The molecule has 1 N–H and O–H groups in total. The molecule has 0 atom stereocenters. The number of rotatable bonds is 2. The molecule has 6 nitrogen and oxygen atoms in total. The van der Waals surface area contributed by atoms with Crippen LogP contribution in [0.4, 0.5) is 5.95 Å². The second kappa shape index (κ2) is 4.19. The van der Waals surface area contributed by atoms with Crippen LogP contribution in [0.1, 0.15) is 6.42 Å². The predicted octanol–water partition coefficient (Wildman–Crippen LogP) is 1.32. The topological polar surface area (TPSA) is 66.8 Å². The van der Waals surface area contributed by atoms with Gasteiger partial charge in [0.1, 0.15) is 5.39 Å². The Morgan fingerprint density at radius 3 is 2.65 bits per heavy atom. The van der Waals surface area contributed by atoms with Crippen molar-refractivity contribution in [1.29, 1.82) is 0 Å². The fourth-order valence-electron chi connectivity index (χ4n) is 2.34. The third-order valence-electron chi connectivity index (χ3n) is 3.58. The first-order valence-electron chi connectivity index (χ1n) is 6.61. The van der Waals surface area contributed by atoms with E-state index in [4.69, 9.17) is 0 Å². The number of H-pyrrole nitrogens is 1. The Labute approximate surface area is 114 Å². The molecule has 1 aromatic carbocycles. The third-order valence-corrected chi connectivity index (χ3v) is 3.58. The van der Waals surface area contributed by atoms with Gasteiger partial charge < -0.3 is 4.90 Å². The fraction of sp³-hybridized carbons (Fsp3) is 0.214. The van der Waals surface area contributed by atoms with Crippen molar-refractivity contribution in [1.82, 2.24) is 19.7 Å². The lowest BCUT2D eigenvalue weighted by atomic mass is 10.2. The van der Waals surface area contributed by atoms with Crippen molar-refractivity contribution < 1.29 is 0 Å². The molecule has 3 heterocycles. The summed E-state index contributed by atoms with van der Waals surface area (Å²) in [4.78, 5) is 21.6. The highest BCUT2D eigenvalue weighted by Gasteiger charge is 2.19. The Hall–Kier alpha value is -2.63. The normalized spacial score (nSPS) is 14.5. The molecule has 100 valence electrons. The summed E-state index contributed by atoms with van der Waals surface area (Å²) in [6.07, 6.45) is 2.70. The summed E-state index contributed by atoms with van der Waals surface area (Å²) in [6, 6.07) is 9.71. The lowest BCUT2D eigenvalue weighted by molar-refractivity contribution is 0.600. The minimum absolute atomic E-state index is 0.140. The number of aromatic amines is 1. The van der Waals surface area contributed by atoms with E-state index < -0.39 is 0 Å². The summed E-state index contributed by atoms with van der Waals surface area (Å²) in [5.74, 6) is 0.631. The Morgan fingerprint density at radius 1 is 1.15 bits per heavy atom. The van der Waals surface area contributed by atoms with Gasteiger partial charge in [0.2, 0.25) is 5.95 Å². The zero-order chi connectivity index (χ0) is 13.5. The molecule has 1 saturated heterocycles. The van der Waals surface area contributed by atoms with Gasteiger partial charge >= 0.3 is 0 Å². The smallest absolute Gasteiger partial charge is 0.263 e. The molecule has 3 aromatic rings. The van der Waals surface area contributed by atoms with E-state index in [1.54, 1.807) is 10.9 Å². The minimum Gasteiger partial charge on any atom is -0.342 e. The number of hydrogen-bond acceptors (Lipinski definition) is 4. The van der Waals surface area contributed by atoms with Gasteiger partial charge in [-0.05, 0) is 18.6 Å². The van der Waals surface area contributed by atoms with Crippen molar-refractivity contribution in [2.75, 3.05) is 18.0 Å². The highest BCUT2D eigenvalue weighted by molar-refractivity contribution is 5.76. The molecular formula is C14H13N5O. The number of hydrogen-bond donors (Lipinski definition) is 1. The Bertz CT molecular complexity index is 816. The van der Waals surface area contributed by atoms with Crippen molar-refractivity contribution in [3.8, 4) is 5.69 Å². The van der Waals surface area contributed by atoms with Gasteiger partial charge in [-0.1, -0.05) is 18.2 Å². The zero-order valence-corrected chi connectivity index (χ0v) is 10.8. The van der Waals surface area contributed by atoms with E-state index in [9.17, 15) is 4.79 Å². The van der Waals surface area contributed by atoms with Crippen LogP contribution in [0.25, 0.3) is 16.7 Å². The van der Waals surface area contributed by atoms with Crippen LogP contribution in [0.3, 0.4) is 0 Å². The maximum absolute atomic E-state index is 12.1. The number of nitrogens with zero attached hydrogens (tertiary/aromatic N) is 4. The number of aromatic nitrogens is 4. The highest BCUT2D eigenvalue weighted by Crippen LogP contribution is 2.18. The van der Waals surface area contributed by atoms with Gasteiger partial charge in [-0.25, -0.2) is 4.68 Å². The van der Waals surface area contributed by atoms with Crippen molar-refractivity contribution in [3.05, 3.63) is 46.9 Å². The molecule has 20 heavy (non-hydrogen) atoms. The molecule has 0 radical (unpaired) electrons. The van der Waals surface area contributed by atoms with Crippen LogP contribution in [-0.2, 0) is 0 Å². The Kier molecular flexibility index (Phi) is 2.35. The van der Waals surface area contributed by atoms with Crippen LogP contribution in [0.5, 0.6) is 0 Å². The van der Waals surface area contributed by atoms with Crippen molar-refractivity contribution in [2.24, 2.45) is 0 Å². The Balaban J connectivity index is 1.94.